The van der Waals surface area contributed by atoms with E-state index in [4.69, 9.17) is 5.73 Å². The summed E-state index contributed by atoms with van der Waals surface area (Å²) in [6.45, 7) is 4.55. The third kappa shape index (κ3) is 5.91. The summed E-state index contributed by atoms with van der Waals surface area (Å²) in [6.07, 6.45) is 4.03. The minimum absolute atomic E-state index is 0.107. The highest BCUT2D eigenvalue weighted by molar-refractivity contribution is 6.01. The molecule has 1 atom stereocenters. The van der Waals surface area contributed by atoms with Crippen LogP contribution in [0, 0.1) is 6.92 Å². The summed E-state index contributed by atoms with van der Waals surface area (Å²) in [5.74, 6) is -0.826. The van der Waals surface area contributed by atoms with Gasteiger partial charge in [0.25, 0.3) is 5.56 Å². The van der Waals surface area contributed by atoms with Crippen LogP contribution in [0.2, 0.25) is 0 Å². The predicted octanol–water partition coefficient (Wildman–Crippen LogP) is 1.72. The quantitative estimate of drug-likeness (QED) is 0.412. The largest absolute Gasteiger partial charge is 0.384 e. The number of amides is 1. The SMILES string of the molecule is CCn1c(=O)c(C(=O)CN2CCCC[C@@H]2C(=O)NCc2ccc(C)nc2)c(N)n(Cc2ccccc2)c1=O. The van der Waals surface area contributed by atoms with Crippen LogP contribution in [0.15, 0.2) is 58.3 Å². The molecule has 3 heterocycles. The Balaban J connectivity index is 1.56. The van der Waals surface area contributed by atoms with Gasteiger partial charge in [-0.25, -0.2) is 4.79 Å². The highest BCUT2D eigenvalue weighted by atomic mass is 16.2. The van der Waals surface area contributed by atoms with Crippen LogP contribution in [0.25, 0.3) is 0 Å². The summed E-state index contributed by atoms with van der Waals surface area (Å²) in [7, 11) is 0. The van der Waals surface area contributed by atoms with Gasteiger partial charge in [0.1, 0.15) is 11.4 Å². The molecule has 2 aromatic heterocycles. The zero-order valence-corrected chi connectivity index (χ0v) is 21.9. The van der Waals surface area contributed by atoms with E-state index < -0.39 is 23.1 Å². The van der Waals surface area contributed by atoms with Gasteiger partial charge >= 0.3 is 5.69 Å². The molecule has 0 aliphatic carbocycles. The number of carbonyl (C=O) groups is 2. The monoisotopic (exact) mass is 518 g/mol. The van der Waals surface area contributed by atoms with E-state index in [0.29, 0.717) is 19.5 Å². The van der Waals surface area contributed by atoms with Crippen LogP contribution in [-0.4, -0.2) is 49.8 Å². The second-order valence-electron chi connectivity index (χ2n) is 9.59. The number of aryl methyl sites for hydroxylation is 1. The summed E-state index contributed by atoms with van der Waals surface area (Å²) >= 11 is 0. The van der Waals surface area contributed by atoms with Gasteiger partial charge in [-0.15, -0.1) is 0 Å². The normalized spacial score (nSPS) is 15.8. The van der Waals surface area contributed by atoms with Crippen LogP contribution in [0.4, 0.5) is 5.82 Å². The number of carbonyl (C=O) groups excluding carboxylic acids is 2. The lowest BCUT2D eigenvalue weighted by Gasteiger charge is -2.34. The number of Topliss-reactive ketones (excluding diaryl/α,β-unsaturated/α-hetero) is 1. The molecule has 10 nitrogen and oxygen atoms in total. The molecule has 3 N–H and O–H groups in total. The van der Waals surface area contributed by atoms with Gasteiger partial charge in [0.05, 0.1) is 19.1 Å². The molecular formula is C28H34N6O4. The Hall–Kier alpha value is -4.05. The molecule has 0 unspecified atom stereocenters. The molecule has 10 heteroatoms. The van der Waals surface area contributed by atoms with Crippen molar-refractivity contribution in [2.75, 3.05) is 18.8 Å². The molecule has 1 saturated heterocycles. The number of nitrogen functional groups attached to an aromatic ring is 1. The molecule has 4 rings (SSSR count). The number of hydrogen-bond donors (Lipinski definition) is 2. The molecule has 1 aliphatic heterocycles. The summed E-state index contributed by atoms with van der Waals surface area (Å²) < 4.78 is 2.30. The van der Waals surface area contributed by atoms with Gasteiger partial charge in [0, 0.05) is 25.0 Å². The average molecular weight is 519 g/mol. The number of nitrogens with two attached hydrogens (primary N) is 1. The summed E-state index contributed by atoms with van der Waals surface area (Å²) in [6, 6.07) is 12.5. The van der Waals surface area contributed by atoms with Crippen LogP contribution < -0.4 is 22.3 Å². The second kappa shape index (κ2) is 12.0. The van der Waals surface area contributed by atoms with Crippen molar-refractivity contribution in [2.24, 2.45) is 0 Å². The van der Waals surface area contributed by atoms with Crippen LogP contribution in [0.1, 0.15) is 53.4 Å². The summed E-state index contributed by atoms with van der Waals surface area (Å²) in [5.41, 5.74) is 7.43. The van der Waals surface area contributed by atoms with Crippen molar-refractivity contribution in [1.29, 1.82) is 0 Å². The van der Waals surface area contributed by atoms with Crippen molar-refractivity contribution in [3.05, 3.63) is 91.9 Å². The van der Waals surface area contributed by atoms with E-state index in [1.807, 2.05) is 49.4 Å². The maximum Gasteiger partial charge on any atom is 0.332 e. The Morgan fingerprint density at radius 2 is 1.82 bits per heavy atom. The van der Waals surface area contributed by atoms with Gasteiger partial charge in [-0.05, 0) is 50.4 Å². The molecule has 1 aromatic carbocycles. The van der Waals surface area contributed by atoms with Crippen molar-refractivity contribution in [1.82, 2.24) is 24.3 Å². The molecule has 200 valence electrons. The first-order chi connectivity index (χ1) is 18.3. The third-order valence-electron chi connectivity index (χ3n) is 6.95. The molecule has 1 fully saturated rings. The molecule has 0 bridgehead atoms. The lowest BCUT2D eigenvalue weighted by Crippen LogP contribution is -2.52. The van der Waals surface area contributed by atoms with Crippen LogP contribution in [-0.2, 0) is 24.4 Å². The zero-order chi connectivity index (χ0) is 27.2. The van der Waals surface area contributed by atoms with E-state index >= 15 is 0 Å². The van der Waals surface area contributed by atoms with Crippen molar-refractivity contribution in [3.8, 4) is 0 Å². The fraction of sp³-hybridized carbons (Fsp3) is 0.393. The van der Waals surface area contributed by atoms with Crippen LogP contribution >= 0.6 is 0 Å². The molecule has 3 aromatic rings. The van der Waals surface area contributed by atoms with Gasteiger partial charge in [0.15, 0.2) is 5.78 Å². The second-order valence-corrected chi connectivity index (χ2v) is 9.59. The van der Waals surface area contributed by atoms with Crippen molar-refractivity contribution >= 4 is 17.5 Å². The third-order valence-corrected chi connectivity index (χ3v) is 6.95. The maximum absolute atomic E-state index is 13.5. The first-order valence-corrected chi connectivity index (χ1v) is 12.9. The number of benzene rings is 1. The van der Waals surface area contributed by atoms with Crippen molar-refractivity contribution in [3.63, 3.8) is 0 Å². The molecule has 0 radical (unpaired) electrons. The maximum atomic E-state index is 13.5. The van der Waals surface area contributed by atoms with Crippen LogP contribution in [0.3, 0.4) is 0 Å². The minimum Gasteiger partial charge on any atom is -0.384 e. The standard InChI is InChI=1S/C28H34N6O4/c1-3-33-27(37)24(25(29)34(28(33)38)17-20-9-5-4-6-10-20)23(35)18-32-14-8-7-11-22(32)26(36)31-16-21-13-12-19(2)30-15-21/h4-6,9-10,12-13,15,22H,3,7-8,11,14,16-18,29H2,1-2H3,(H,31,36)/t22-/m1/s1. The van der Waals surface area contributed by atoms with Gasteiger partial charge < -0.3 is 11.1 Å². The number of nitrogens with zero attached hydrogens (tertiary/aromatic N) is 4. The Morgan fingerprint density at radius 3 is 2.50 bits per heavy atom. The number of piperidine rings is 1. The fourth-order valence-corrected chi connectivity index (χ4v) is 4.83. The molecular weight excluding hydrogens is 484 g/mol. The predicted molar refractivity (Wildman–Crippen MR) is 145 cm³/mol. The zero-order valence-electron chi connectivity index (χ0n) is 21.9. The van der Waals surface area contributed by atoms with E-state index in [1.54, 1.807) is 18.0 Å². The molecule has 0 saturated carbocycles. The topological polar surface area (TPSA) is 132 Å². The Bertz CT molecular complexity index is 1410. The van der Waals surface area contributed by atoms with Gasteiger partial charge in [-0.2, -0.15) is 0 Å². The summed E-state index contributed by atoms with van der Waals surface area (Å²) in [4.78, 5) is 58.9. The fourth-order valence-electron chi connectivity index (χ4n) is 4.83. The van der Waals surface area contributed by atoms with E-state index in [-0.39, 0.29) is 36.9 Å². The molecule has 1 amide bonds. The van der Waals surface area contributed by atoms with E-state index in [1.165, 1.54) is 4.57 Å². The van der Waals surface area contributed by atoms with Gasteiger partial charge in [0.2, 0.25) is 5.91 Å². The minimum atomic E-state index is -0.700. The lowest BCUT2D eigenvalue weighted by molar-refractivity contribution is -0.127. The number of pyridine rings is 1. The molecule has 1 aliphatic rings. The van der Waals surface area contributed by atoms with E-state index in [9.17, 15) is 19.2 Å². The Labute approximate surface area is 221 Å². The van der Waals surface area contributed by atoms with Crippen molar-refractivity contribution < 1.29 is 9.59 Å². The number of rotatable bonds is 9. The van der Waals surface area contributed by atoms with Crippen LogP contribution in [0.5, 0.6) is 0 Å². The number of hydrogen-bond acceptors (Lipinski definition) is 7. The highest BCUT2D eigenvalue weighted by Crippen LogP contribution is 2.19. The van der Waals surface area contributed by atoms with Gasteiger partial charge in [-0.1, -0.05) is 42.8 Å². The van der Waals surface area contributed by atoms with E-state index in [2.05, 4.69) is 10.3 Å². The van der Waals surface area contributed by atoms with E-state index in [0.717, 1.165) is 34.2 Å². The number of ketones is 1. The first-order valence-electron chi connectivity index (χ1n) is 12.9. The first kappa shape index (κ1) is 27.0. The smallest absolute Gasteiger partial charge is 0.332 e. The number of aromatic nitrogens is 3. The number of anilines is 1. The Kier molecular flexibility index (Phi) is 8.52. The van der Waals surface area contributed by atoms with Crippen molar-refractivity contribution in [2.45, 2.75) is 58.8 Å². The average Bonchev–Trinajstić information content (AvgIpc) is 2.92. The Morgan fingerprint density at radius 1 is 1.05 bits per heavy atom. The number of nitrogens with one attached hydrogen (secondary N) is 1. The highest BCUT2D eigenvalue weighted by Gasteiger charge is 2.32. The summed E-state index contributed by atoms with van der Waals surface area (Å²) in [5, 5.41) is 2.95. The molecule has 38 heavy (non-hydrogen) atoms. The van der Waals surface area contributed by atoms with Gasteiger partial charge in [-0.3, -0.25) is 33.4 Å². The number of likely N-dealkylation sites (tertiary alicyclic amines) is 1. The molecule has 0 spiro atoms. The lowest BCUT2D eigenvalue weighted by atomic mass is 10.00.